The summed E-state index contributed by atoms with van der Waals surface area (Å²) < 4.78 is 5.00. The minimum absolute atomic E-state index is 0.153. The highest BCUT2D eigenvalue weighted by atomic mass is 16.5. The van der Waals surface area contributed by atoms with E-state index in [9.17, 15) is 14.4 Å². The van der Waals surface area contributed by atoms with Gasteiger partial charge in [-0.05, 0) is 41.8 Å². The van der Waals surface area contributed by atoms with Crippen LogP contribution >= 0.6 is 0 Å². The first kappa shape index (κ1) is 22.0. The molecule has 0 bridgehead atoms. The van der Waals surface area contributed by atoms with Gasteiger partial charge in [0.2, 0.25) is 0 Å². The van der Waals surface area contributed by atoms with Crippen molar-refractivity contribution in [2.75, 3.05) is 13.2 Å². The Hall–Kier alpha value is -3.67. The van der Waals surface area contributed by atoms with E-state index in [0.717, 1.165) is 21.9 Å². The summed E-state index contributed by atoms with van der Waals surface area (Å²) in [5, 5.41) is 7.35. The molecule has 3 rings (SSSR count). The Bertz CT molecular complexity index is 1080. The SMILES string of the molecule is CC[C@H](NC(=O)COC(=O)CNC(=O)c1ccc2ccccc2c1)c1ccc(C)cc1. The van der Waals surface area contributed by atoms with Gasteiger partial charge in [0.05, 0.1) is 6.04 Å². The number of aryl methyl sites for hydroxylation is 1. The molecule has 0 aliphatic heterocycles. The average Bonchev–Trinajstić information content (AvgIpc) is 2.80. The Morgan fingerprint density at radius 1 is 0.935 bits per heavy atom. The lowest BCUT2D eigenvalue weighted by Crippen LogP contribution is -2.35. The number of rotatable bonds is 8. The van der Waals surface area contributed by atoms with Crippen LogP contribution in [0, 0.1) is 6.92 Å². The van der Waals surface area contributed by atoms with Crippen molar-refractivity contribution < 1.29 is 19.1 Å². The van der Waals surface area contributed by atoms with Gasteiger partial charge in [0, 0.05) is 5.56 Å². The third-order valence-electron chi connectivity index (χ3n) is 4.99. The van der Waals surface area contributed by atoms with Crippen molar-refractivity contribution in [3.05, 3.63) is 83.4 Å². The van der Waals surface area contributed by atoms with Gasteiger partial charge in [-0.1, -0.05) is 67.1 Å². The van der Waals surface area contributed by atoms with Crippen molar-refractivity contribution in [3.8, 4) is 0 Å². The van der Waals surface area contributed by atoms with E-state index in [0.29, 0.717) is 12.0 Å². The standard InChI is InChI=1S/C25H26N2O4/c1-3-22(19-10-8-17(2)9-11-19)27-23(28)16-31-24(29)15-26-25(30)21-13-12-18-6-4-5-7-20(18)14-21/h4-14,22H,3,15-16H2,1-2H3,(H,26,30)(H,27,28)/t22-/m0/s1. The maximum absolute atomic E-state index is 12.3. The third kappa shape index (κ3) is 6.15. The minimum atomic E-state index is -0.673. The number of amides is 2. The Kier molecular flexibility index (Phi) is 7.38. The molecule has 31 heavy (non-hydrogen) atoms. The summed E-state index contributed by atoms with van der Waals surface area (Å²) in [5.74, 6) is -1.44. The van der Waals surface area contributed by atoms with Gasteiger partial charge in [0.25, 0.3) is 11.8 Å². The van der Waals surface area contributed by atoms with Crippen molar-refractivity contribution in [3.63, 3.8) is 0 Å². The van der Waals surface area contributed by atoms with Crippen molar-refractivity contribution in [1.82, 2.24) is 10.6 Å². The Labute approximate surface area is 181 Å². The predicted molar refractivity (Wildman–Crippen MR) is 120 cm³/mol. The number of hydrogen-bond acceptors (Lipinski definition) is 4. The molecule has 0 aromatic heterocycles. The van der Waals surface area contributed by atoms with Crippen LogP contribution in [0.3, 0.4) is 0 Å². The summed E-state index contributed by atoms with van der Waals surface area (Å²) >= 11 is 0. The molecule has 6 nitrogen and oxygen atoms in total. The summed E-state index contributed by atoms with van der Waals surface area (Å²) in [7, 11) is 0. The van der Waals surface area contributed by atoms with Gasteiger partial charge >= 0.3 is 5.97 Å². The molecule has 0 fully saturated rings. The molecular formula is C25H26N2O4. The molecule has 0 saturated heterocycles. The number of benzene rings is 3. The number of nitrogens with one attached hydrogen (secondary N) is 2. The third-order valence-corrected chi connectivity index (χ3v) is 4.99. The van der Waals surface area contributed by atoms with E-state index < -0.39 is 12.6 Å². The van der Waals surface area contributed by atoms with Crippen LogP contribution in [-0.2, 0) is 14.3 Å². The van der Waals surface area contributed by atoms with E-state index in [-0.39, 0.29) is 24.4 Å². The number of carbonyl (C=O) groups is 3. The highest BCUT2D eigenvalue weighted by Gasteiger charge is 2.15. The summed E-state index contributed by atoms with van der Waals surface area (Å²) in [6, 6.07) is 20.8. The normalized spacial score (nSPS) is 11.5. The molecule has 0 spiro atoms. The fourth-order valence-corrected chi connectivity index (χ4v) is 3.24. The van der Waals surface area contributed by atoms with Crippen LogP contribution in [0.4, 0.5) is 0 Å². The second kappa shape index (κ2) is 10.4. The zero-order valence-corrected chi connectivity index (χ0v) is 17.7. The number of fused-ring (bicyclic) bond motifs is 1. The molecule has 1 atom stereocenters. The lowest BCUT2D eigenvalue weighted by molar-refractivity contribution is -0.147. The Balaban J connectivity index is 1.45. The van der Waals surface area contributed by atoms with Crippen LogP contribution in [0.5, 0.6) is 0 Å². The van der Waals surface area contributed by atoms with Gasteiger partial charge < -0.3 is 15.4 Å². The zero-order chi connectivity index (χ0) is 22.2. The van der Waals surface area contributed by atoms with Crippen molar-refractivity contribution >= 4 is 28.6 Å². The fourth-order valence-electron chi connectivity index (χ4n) is 3.24. The molecule has 2 N–H and O–H groups in total. The van der Waals surface area contributed by atoms with E-state index in [1.54, 1.807) is 12.1 Å². The largest absolute Gasteiger partial charge is 0.454 e. The lowest BCUT2D eigenvalue weighted by Gasteiger charge is -2.17. The van der Waals surface area contributed by atoms with E-state index in [2.05, 4.69) is 10.6 Å². The topological polar surface area (TPSA) is 84.5 Å². The molecular weight excluding hydrogens is 392 g/mol. The van der Waals surface area contributed by atoms with Gasteiger partial charge in [-0.3, -0.25) is 14.4 Å². The maximum Gasteiger partial charge on any atom is 0.325 e. The monoisotopic (exact) mass is 418 g/mol. The molecule has 160 valence electrons. The molecule has 6 heteroatoms. The molecule has 0 aliphatic carbocycles. The minimum Gasteiger partial charge on any atom is -0.454 e. The second-order valence-corrected chi connectivity index (χ2v) is 7.34. The van der Waals surface area contributed by atoms with Crippen molar-refractivity contribution in [2.24, 2.45) is 0 Å². The van der Waals surface area contributed by atoms with Crippen LogP contribution in [0.25, 0.3) is 10.8 Å². The van der Waals surface area contributed by atoms with Crippen molar-refractivity contribution in [2.45, 2.75) is 26.3 Å². The van der Waals surface area contributed by atoms with E-state index in [4.69, 9.17) is 4.74 Å². The van der Waals surface area contributed by atoms with Crippen LogP contribution in [-0.4, -0.2) is 30.9 Å². The second-order valence-electron chi connectivity index (χ2n) is 7.34. The highest BCUT2D eigenvalue weighted by molar-refractivity contribution is 5.99. The van der Waals surface area contributed by atoms with Crippen LogP contribution < -0.4 is 10.6 Å². The molecule has 0 aliphatic rings. The van der Waals surface area contributed by atoms with Gasteiger partial charge in [0.15, 0.2) is 6.61 Å². The average molecular weight is 418 g/mol. The number of ether oxygens (including phenoxy) is 1. The number of hydrogen-bond donors (Lipinski definition) is 2. The molecule has 2 amide bonds. The van der Waals surface area contributed by atoms with E-state index in [1.165, 1.54) is 0 Å². The van der Waals surface area contributed by atoms with Crippen LogP contribution in [0.2, 0.25) is 0 Å². The maximum atomic E-state index is 12.3. The Morgan fingerprint density at radius 2 is 1.65 bits per heavy atom. The summed E-state index contributed by atoms with van der Waals surface area (Å²) in [4.78, 5) is 36.4. The van der Waals surface area contributed by atoms with E-state index >= 15 is 0 Å². The summed E-state index contributed by atoms with van der Waals surface area (Å²) in [6.45, 7) is 3.27. The summed E-state index contributed by atoms with van der Waals surface area (Å²) in [5.41, 5.74) is 2.59. The first-order chi connectivity index (χ1) is 15.0. The Morgan fingerprint density at radius 3 is 2.35 bits per heavy atom. The number of esters is 1. The quantitative estimate of drug-likeness (QED) is 0.547. The van der Waals surface area contributed by atoms with Gasteiger partial charge in [-0.2, -0.15) is 0 Å². The molecule has 0 unspecified atom stereocenters. The van der Waals surface area contributed by atoms with Crippen molar-refractivity contribution in [1.29, 1.82) is 0 Å². The van der Waals surface area contributed by atoms with Gasteiger partial charge in [-0.25, -0.2) is 0 Å². The molecule has 3 aromatic carbocycles. The van der Waals surface area contributed by atoms with E-state index in [1.807, 2.05) is 68.4 Å². The molecule has 0 radical (unpaired) electrons. The molecule has 3 aromatic rings. The highest BCUT2D eigenvalue weighted by Crippen LogP contribution is 2.17. The molecule has 0 saturated carbocycles. The number of carbonyl (C=O) groups excluding carboxylic acids is 3. The first-order valence-electron chi connectivity index (χ1n) is 10.2. The lowest BCUT2D eigenvalue weighted by atomic mass is 10.0. The summed E-state index contributed by atoms with van der Waals surface area (Å²) in [6.07, 6.45) is 0.713. The van der Waals surface area contributed by atoms with Gasteiger partial charge in [0.1, 0.15) is 6.54 Å². The zero-order valence-electron chi connectivity index (χ0n) is 17.7. The fraction of sp³-hybridized carbons (Fsp3) is 0.240. The first-order valence-corrected chi connectivity index (χ1v) is 10.2. The predicted octanol–water partition coefficient (Wildman–Crippen LogP) is 3.69. The molecule has 0 heterocycles. The van der Waals surface area contributed by atoms with Crippen LogP contribution in [0.15, 0.2) is 66.7 Å². The van der Waals surface area contributed by atoms with Crippen LogP contribution in [0.1, 0.15) is 40.9 Å². The van der Waals surface area contributed by atoms with Gasteiger partial charge in [-0.15, -0.1) is 0 Å². The smallest absolute Gasteiger partial charge is 0.325 e.